The van der Waals surface area contributed by atoms with Gasteiger partial charge in [0.25, 0.3) is 11.8 Å². The highest BCUT2D eigenvalue weighted by Gasteiger charge is 2.31. The molecule has 2 aromatic rings. The van der Waals surface area contributed by atoms with Gasteiger partial charge in [0, 0.05) is 50.3 Å². The van der Waals surface area contributed by atoms with Crippen molar-refractivity contribution in [3.8, 4) is 5.75 Å². The Balaban J connectivity index is 1.89. The van der Waals surface area contributed by atoms with E-state index in [1.54, 1.807) is 54.1 Å². The Morgan fingerprint density at radius 2 is 1.82 bits per heavy atom. The van der Waals surface area contributed by atoms with Crippen LogP contribution in [0.3, 0.4) is 0 Å². The molecule has 3 amide bonds. The fraction of sp³-hybridized carbons (Fsp3) is 0.571. The summed E-state index contributed by atoms with van der Waals surface area (Å²) in [5.41, 5.74) is 1.44. The molecule has 0 saturated carbocycles. The van der Waals surface area contributed by atoms with Crippen LogP contribution in [0.2, 0.25) is 0 Å². The smallest absolute Gasteiger partial charge is 0.258 e. The third-order valence-electron chi connectivity index (χ3n) is 8.17. The number of amides is 3. The van der Waals surface area contributed by atoms with E-state index < -0.39 is 6.04 Å². The highest BCUT2D eigenvalue weighted by molar-refractivity contribution is 5.99. The number of nitrogens with one attached hydrogen (secondary N) is 1. The molecule has 0 bridgehead atoms. The van der Waals surface area contributed by atoms with Crippen molar-refractivity contribution in [3.05, 3.63) is 59.7 Å². The number of nitrogens with zero attached hydrogens (tertiary/aromatic N) is 3. The van der Waals surface area contributed by atoms with E-state index in [1.165, 1.54) is 0 Å². The van der Waals surface area contributed by atoms with Gasteiger partial charge < -0.3 is 34.6 Å². The van der Waals surface area contributed by atoms with E-state index in [-0.39, 0.29) is 49.0 Å². The number of hydrogen-bond acceptors (Lipinski definition) is 7. The lowest BCUT2D eigenvalue weighted by Gasteiger charge is -2.36. The first kappa shape index (κ1) is 36.0. The molecule has 1 aliphatic heterocycles. The largest absolute Gasteiger partial charge is 0.490 e. The lowest BCUT2D eigenvalue weighted by atomic mass is 10.0. The molecule has 4 atom stereocenters. The molecule has 0 saturated heterocycles. The maximum Gasteiger partial charge on any atom is 0.258 e. The molecule has 10 heteroatoms. The molecule has 1 heterocycles. The van der Waals surface area contributed by atoms with Gasteiger partial charge in [0.05, 0.1) is 30.4 Å². The van der Waals surface area contributed by atoms with Gasteiger partial charge in [-0.2, -0.15) is 0 Å². The first-order valence-electron chi connectivity index (χ1n) is 16.1. The summed E-state index contributed by atoms with van der Waals surface area (Å²) in [6, 6.07) is 13.8. The van der Waals surface area contributed by atoms with Crippen LogP contribution in [0.5, 0.6) is 5.75 Å². The van der Waals surface area contributed by atoms with E-state index in [0.29, 0.717) is 42.1 Å². The third kappa shape index (κ3) is 11.1. The predicted octanol–water partition coefficient (Wildman–Crippen LogP) is 4.53. The van der Waals surface area contributed by atoms with E-state index in [4.69, 9.17) is 9.47 Å². The molecule has 2 N–H and O–H groups in total. The molecular formula is C35H52N4O6. The zero-order valence-corrected chi connectivity index (χ0v) is 27.8. The van der Waals surface area contributed by atoms with Gasteiger partial charge in [-0.3, -0.25) is 14.4 Å². The number of benzene rings is 2. The summed E-state index contributed by atoms with van der Waals surface area (Å²) in [6.45, 7) is 7.51. The van der Waals surface area contributed by atoms with Gasteiger partial charge in [0.15, 0.2) is 0 Å². The average Bonchev–Trinajstić information content (AvgIpc) is 3.02. The predicted molar refractivity (Wildman–Crippen MR) is 177 cm³/mol. The SMILES string of the molecule is C[C@@H]1CCCCO[C@H](CN(C)C(=O)c2ccccc2)[C@@H](C)CN([C@H](C)CO)C(=O)c2cc(NC(=O)CCCN(C)C)ccc2O1. The van der Waals surface area contributed by atoms with Crippen LogP contribution in [0, 0.1) is 5.92 Å². The summed E-state index contributed by atoms with van der Waals surface area (Å²) in [4.78, 5) is 45.4. The monoisotopic (exact) mass is 624 g/mol. The Labute approximate surface area is 268 Å². The number of hydrogen-bond donors (Lipinski definition) is 2. The van der Waals surface area contributed by atoms with Gasteiger partial charge in [-0.15, -0.1) is 0 Å². The van der Waals surface area contributed by atoms with Gasteiger partial charge >= 0.3 is 0 Å². The topological polar surface area (TPSA) is 112 Å². The minimum atomic E-state index is -0.494. The summed E-state index contributed by atoms with van der Waals surface area (Å²) >= 11 is 0. The highest BCUT2D eigenvalue weighted by Crippen LogP contribution is 2.28. The van der Waals surface area contributed by atoms with Crippen LogP contribution in [0.25, 0.3) is 0 Å². The maximum absolute atomic E-state index is 14.3. The van der Waals surface area contributed by atoms with Crippen molar-refractivity contribution >= 4 is 23.4 Å². The molecule has 0 unspecified atom stereocenters. The van der Waals surface area contributed by atoms with Crippen LogP contribution in [-0.4, -0.2) is 110 Å². The number of aliphatic hydroxyl groups excluding tert-OH is 1. The van der Waals surface area contributed by atoms with Crippen LogP contribution in [0.4, 0.5) is 5.69 Å². The number of carbonyl (C=O) groups is 3. The number of anilines is 1. The summed E-state index contributed by atoms with van der Waals surface area (Å²) < 4.78 is 12.7. The highest BCUT2D eigenvalue weighted by atomic mass is 16.5. The molecule has 0 spiro atoms. The van der Waals surface area contributed by atoms with Crippen molar-refractivity contribution in [2.45, 2.75) is 71.1 Å². The number of fused-ring (bicyclic) bond motifs is 1. The quantitative estimate of drug-likeness (QED) is 0.400. The molecule has 3 rings (SSSR count). The average molecular weight is 625 g/mol. The molecule has 248 valence electrons. The number of rotatable bonds is 10. The van der Waals surface area contributed by atoms with Crippen molar-refractivity contribution in [1.29, 1.82) is 0 Å². The zero-order chi connectivity index (χ0) is 32.9. The van der Waals surface area contributed by atoms with Crippen molar-refractivity contribution in [2.75, 3.05) is 59.3 Å². The van der Waals surface area contributed by atoms with Gasteiger partial charge in [-0.05, 0) is 90.5 Å². The number of likely N-dealkylation sites (N-methyl/N-ethyl adjacent to an activating group) is 1. The lowest BCUT2D eigenvalue weighted by molar-refractivity contribution is -0.116. The van der Waals surface area contributed by atoms with E-state index in [9.17, 15) is 19.5 Å². The zero-order valence-electron chi connectivity index (χ0n) is 27.8. The first-order valence-corrected chi connectivity index (χ1v) is 16.1. The van der Waals surface area contributed by atoms with Crippen LogP contribution in [0.1, 0.15) is 73.6 Å². The molecule has 0 aromatic heterocycles. The fourth-order valence-electron chi connectivity index (χ4n) is 5.40. The van der Waals surface area contributed by atoms with Crippen molar-refractivity contribution in [3.63, 3.8) is 0 Å². The van der Waals surface area contributed by atoms with Crippen LogP contribution in [0.15, 0.2) is 48.5 Å². The van der Waals surface area contributed by atoms with Gasteiger partial charge in [0.1, 0.15) is 5.75 Å². The first-order chi connectivity index (χ1) is 21.5. The fourth-order valence-corrected chi connectivity index (χ4v) is 5.40. The second kappa shape index (κ2) is 17.9. The van der Waals surface area contributed by atoms with E-state index in [2.05, 4.69) is 5.32 Å². The lowest BCUT2D eigenvalue weighted by Crippen LogP contribution is -2.48. The summed E-state index contributed by atoms with van der Waals surface area (Å²) in [5, 5.41) is 13.1. The van der Waals surface area contributed by atoms with Gasteiger partial charge in [0.2, 0.25) is 5.91 Å². The normalized spacial score (nSPS) is 20.5. The van der Waals surface area contributed by atoms with Crippen LogP contribution in [-0.2, 0) is 9.53 Å². The van der Waals surface area contributed by atoms with Gasteiger partial charge in [-0.25, -0.2) is 0 Å². The Bertz CT molecular complexity index is 1240. The molecule has 45 heavy (non-hydrogen) atoms. The summed E-state index contributed by atoms with van der Waals surface area (Å²) in [5.74, 6) is -0.251. The number of carbonyl (C=O) groups excluding carboxylic acids is 3. The summed E-state index contributed by atoms with van der Waals surface area (Å²) in [7, 11) is 5.70. The maximum atomic E-state index is 14.3. The number of aliphatic hydroxyl groups is 1. The second-order valence-electron chi connectivity index (χ2n) is 12.5. The standard InChI is InChI=1S/C35H52N4O6/c1-25-22-39(26(2)24-40)35(43)30-21-29(36-33(41)16-12-19-37(4)5)17-18-31(30)45-27(3)13-10-11-20-44-32(25)23-38(6)34(42)28-14-8-7-9-15-28/h7-9,14-15,17-18,21,25-27,32,40H,10-13,16,19-20,22-24H2,1-6H3,(H,36,41)/t25-,26+,27+,32+/m0/s1. The Morgan fingerprint density at radius 3 is 2.51 bits per heavy atom. The Hall–Kier alpha value is -3.47. The van der Waals surface area contributed by atoms with Crippen LogP contribution >= 0.6 is 0 Å². The Kier molecular flexibility index (Phi) is 14.3. The van der Waals surface area contributed by atoms with E-state index in [0.717, 1.165) is 32.2 Å². The minimum absolute atomic E-state index is 0.0985. The van der Waals surface area contributed by atoms with E-state index in [1.807, 2.05) is 51.0 Å². The molecule has 0 aliphatic carbocycles. The summed E-state index contributed by atoms with van der Waals surface area (Å²) in [6.07, 6.45) is 3.06. The van der Waals surface area contributed by atoms with Crippen molar-refractivity contribution in [1.82, 2.24) is 14.7 Å². The second-order valence-corrected chi connectivity index (χ2v) is 12.5. The molecule has 0 fully saturated rings. The third-order valence-corrected chi connectivity index (χ3v) is 8.17. The molecule has 2 aromatic carbocycles. The molecule has 1 aliphatic rings. The Morgan fingerprint density at radius 1 is 1.09 bits per heavy atom. The number of ether oxygens (including phenoxy) is 2. The molecule has 0 radical (unpaired) electrons. The van der Waals surface area contributed by atoms with E-state index >= 15 is 0 Å². The van der Waals surface area contributed by atoms with Crippen molar-refractivity contribution in [2.24, 2.45) is 5.92 Å². The molecule has 10 nitrogen and oxygen atoms in total. The minimum Gasteiger partial charge on any atom is -0.490 e. The van der Waals surface area contributed by atoms with Crippen molar-refractivity contribution < 1.29 is 29.0 Å². The molecular weight excluding hydrogens is 572 g/mol. The van der Waals surface area contributed by atoms with Crippen LogP contribution < -0.4 is 10.1 Å². The van der Waals surface area contributed by atoms with Gasteiger partial charge in [-0.1, -0.05) is 25.1 Å².